The van der Waals surface area contributed by atoms with Crippen LogP contribution < -0.4 is 10.4 Å². The first-order valence-corrected chi connectivity index (χ1v) is 12.1. The van der Waals surface area contributed by atoms with E-state index >= 15 is 4.39 Å². The van der Waals surface area contributed by atoms with Gasteiger partial charge in [-0.15, -0.1) is 0 Å². The number of nitrogens with zero attached hydrogens (tertiary/aromatic N) is 1. The van der Waals surface area contributed by atoms with E-state index in [0.29, 0.717) is 5.06 Å². The summed E-state index contributed by atoms with van der Waals surface area (Å²) in [5.74, 6) is -4.97. The molecule has 1 N–H and O–H groups in total. The van der Waals surface area contributed by atoms with Crippen LogP contribution in [0.3, 0.4) is 0 Å². The van der Waals surface area contributed by atoms with Crippen LogP contribution in [0.1, 0.15) is 37.4 Å². The van der Waals surface area contributed by atoms with E-state index in [0.717, 1.165) is 36.4 Å². The topological polar surface area (TPSA) is 58.6 Å². The molecule has 0 aromatic heterocycles. The van der Waals surface area contributed by atoms with E-state index in [2.05, 4.69) is 15.9 Å². The lowest BCUT2D eigenvalue weighted by atomic mass is 9.92. The van der Waals surface area contributed by atoms with E-state index in [1.165, 1.54) is 0 Å². The first kappa shape index (κ1) is 32.1. The van der Waals surface area contributed by atoms with Crippen molar-refractivity contribution in [3.8, 4) is 0 Å². The number of fused-ring (bicyclic) bond motifs is 1. The quantitative estimate of drug-likeness (QED) is 0.279. The van der Waals surface area contributed by atoms with Crippen LogP contribution >= 0.6 is 15.9 Å². The molecule has 0 saturated carbocycles. The monoisotopic (exact) mass is 694 g/mol. The van der Waals surface area contributed by atoms with Crippen molar-refractivity contribution in [2.45, 2.75) is 30.8 Å². The fraction of sp³-hybridized carbons (Fsp3) is 0.200. The number of nitrogens with one attached hydrogen (secondary N) is 1. The van der Waals surface area contributed by atoms with Crippen LogP contribution in [0.2, 0.25) is 0 Å². The molecule has 1 aliphatic heterocycles. The summed E-state index contributed by atoms with van der Waals surface area (Å²) in [4.78, 5) is 30.8. The molecule has 1 aliphatic rings. The number of anilines is 2. The number of hydrogen-bond acceptors (Lipinski definition) is 3. The zero-order valence-corrected chi connectivity index (χ0v) is 22.0. The van der Waals surface area contributed by atoms with Gasteiger partial charge < -0.3 is 5.32 Å². The van der Waals surface area contributed by atoms with Gasteiger partial charge in [0.1, 0.15) is 18.1 Å². The van der Waals surface area contributed by atoms with Gasteiger partial charge in [-0.05, 0) is 64.0 Å². The minimum absolute atomic E-state index is 0.0943. The Morgan fingerprint density at radius 1 is 0.884 bits per heavy atom. The molecule has 43 heavy (non-hydrogen) atoms. The summed E-state index contributed by atoms with van der Waals surface area (Å²) in [6.45, 7) is -0.436. The standard InChI is InChI=1S/C25H11BrF12N2O3/c26-16-8-11(22(29,24(33,34)35)25(36,37)38)7-15(23(30,31)32)19(16)39-20(41)14-2-1-3-17(18(14)28)40-21(42)13-5-4-12(27)6-10(13)9-43-40/h1-8H,9H2,(H,39,41). The molecular weight excluding hydrogens is 684 g/mol. The zero-order valence-electron chi connectivity index (χ0n) is 20.4. The van der Waals surface area contributed by atoms with Gasteiger partial charge in [0.25, 0.3) is 11.8 Å². The van der Waals surface area contributed by atoms with E-state index in [1.807, 2.05) is 0 Å². The highest BCUT2D eigenvalue weighted by atomic mass is 79.9. The minimum atomic E-state index is -6.75. The molecule has 0 aliphatic carbocycles. The number of hydroxylamine groups is 1. The summed E-state index contributed by atoms with van der Waals surface area (Å²) in [6.07, 6.45) is -19.3. The Labute approximate surface area is 240 Å². The number of carbonyl (C=O) groups excluding carboxylic acids is 2. The fourth-order valence-corrected chi connectivity index (χ4v) is 4.61. The summed E-state index contributed by atoms with van der Waals surface area (Å²) < 4.78 is 163. The Morgan fingerprint density at radius 3 is 2.09 bits per heavy atom. The van der Waals surface area contributed by atoms with Gasteiger partial charge >= 0.3 is 24.2 Å². The maximum absolute atomic E-state index is 15.4. The Balaban J connectivity index is 1.75. The average molecular weight is 695 g/mol. The van der Waals surface area contributed by atoms with Crippen molar-refractivity contribution in [1.29, 1.82) is 0 Å². The van der Waals surface area contributed by atoms with Crippen molar-refractivity contribution >= 4 is 39.1 Å². The zero-order chi connectivity index (χ0) is 32.3. The van der Waals surface area contributed by atoms with Crippen LogP contribution in [-0.4, -0.2) is 24.2 Å². The van der Waals surface area contributed by atoms with E-state index in [1.54, 1.807) is 5.32 Å². The molecule has 0 unspecified atom stereocenters. The largest absolute Gasteiger partial charge is 0.435 e. The first-order valence-electron chi connectivity index (χ1n) is 11.3. The van der Waals surface area contributed by atoms with Crippen molar-refractivity contribution in [1.82, 2.24) is 0 Å². The molecule has 230 valence electrons. The highest BCUT2D eigenvalue weighted by Crippen LogP contribution is 2.55. The van der Waals surface area contributed by atoms with E-state index in [9.17, 15) is 57.9 Å². The van der Waals surface area contributed by atoms with Crippen LogP contribution in [-0.2, 0) is 23.3 Å². The fourth-order valence-electron chi connectivity index (χ4n) is 4.05. The number of amides is 2. The lowest BCUT2D eigenvalue weighted by Crippen LogP contribution is -2.50. The van der Waals surface area contributed by atoms with Crippen LogP contribution in [0.5, 0.6) is 0 Å². The molecule has 2 amide bonds. The average Bonchev–Trinajstić information content (AvgIpc) is 2.87. The predicted molar refractivity (Wildman–Crippen MR) is 126 cm³/mol. The Kier molecular flexibility index (Phi) is 8.01. The smallest absolute Gasteiger partial charge is 0.320 e. The second-order valence-electron chi connectivity index (χ2n) is 8.80. The molecule has 1 heterocycles. The van der Waals surface area contributed by atoms with Crippen LogP contribution in [0.25, 0.3) is 0 Å². The number of hydrogen-bond donors (Lipinski definition) is 1. The molecule has 0 saturated heterocycles. The third-order valence-corrected chi connectivity index (χ3v) is 6.71. The third kappa shape index (κ3) is 5.64. The number of benzene rings is 3. The highest BCUT2D eigenvalue weighted by molar-refractivity contribution is 9.10. The molecule has 0 spiro atoms. The van der Waals surface area contributed by atoms with Crippen molar-refractivity contribution in [3.63, 3.8) is 0 Å². The maximum Gasteiger partial charge on any atom is 0.435 e. The van der Waals surface area contributed by atoms with Gasteiger partial charge in [-0.3, -0.25) is 14.4 Å². The van der Waals surface area contributed by atoms with E-state index in [-0.39, 0.29) is 17.2 Å². The molecule has 3 aromatic carbocycles. The summed E-state index contributed by atoms with van der Waals surface area (Å²) in [5, 5.41) is 1.93. The van der Waals surface area contributed by atoms with Crippen LogP contribution in [0, 0.1) is 11.6 Å². The third-order valence-electron chi connectivity index (χ3n) is 6.09. The maximum atomic E-state index is 15.4. The van der Waals surface area contributed by atoms with E-state index < -0.39 is 92.9 Å². The molecule has 0 atom stereocenters. The van der Waals surface area contributed by atoms with Gasteiger partial charge in [-0.1, -0.05) is 6.07 Å². The Bertz CT molecular complexity index is 1600. The van der Waals surface area contributed by atoms with Crippen LogP contribution in [0.4, 0.5) is 64.1 Å². The molecule has 0 radical (unpaired) electrons. The predicted octanol–water partition coefficient (Wildman–Crippen LogP) is 8.38. The summed E-state index contributed by atoms with van der Waals surface area (Å²) in [7, 11) is 0. The molecule has 0 bridgehead atoms. The first-order chi connectivity index (χ1) is 19.7. The molecule has 4 rings (SSSR count). The van der Waals surface area contributed by atoms with Gasteiger partial charge in [-0.2, -0.15) is 44.6 Å². The van der Waals surface area contributed by atoms with E-state index in [4.69, 9.17) is 4.84 Å². The summed E-state index contributed by atoms with van der Waals surface area (Å²) in [6, 6.07) is 4.55. The molecular formula is C25H11BrF12N2O3. The van der Waals surface area contributed by atoms with Gasteiger partial charge in [-0.25, -0.2) is 13.2 Å². The summed E-state index contributed by atoms with van der Waals surface area (Å²) in [5.41, 5.74) is -14.3. The van der Waals surface area contributed by atoms with Gasteiger partial charge in [0, 0.05) is 15.6 Å². The van der Waals surface area contributed by atoms with Crippen molar-refractivity contribution in [2.75, 3.05) is 10.4 Å². The SMILES string of the molecule is O=C(Nc1c(Br)cc(C(F)(C(F)(F)F)C(F)(F)F)cc1C(F)(F)F)c1cccc(N2OCc3cc(F)ccc3C2=O)c1F. The van der Waals surface area contributed by atoms with Crippen molar-refractivity contribution in [2.24, 2.45) is 0 Å². The Hall–Kier alpha value is -3.80. The molecule has 0 fully saturated rings. The number of carbonyl (C=O) groups is 2. The Morgan fingerprint density at radius 2 is 1.51 bits per heavy atom. The highest BCUT2D eigenvalue weighted by Gasteiger charge is 2.73. The second kappa shape index (κ2) is 10.7. The second-order valence-corrected chi connectivity index (χ2v) is 9.65. The number of alkyl halides is 10. The molecule has 3 aromatic rings. The summed E-state index contributed by atoms with van der Waals surface area (Å²) >= 11 is 2.33. The normalized spacial score (nSPS) is 14.5. The van der Waals surface area contributed by atoms with Crippen LogP contribution in [0.15, 0.2) is 53.0 Å². The van der Waals surface area contributed by atoms with Gasteiger partial charge in [0.05, 0.1) is 16.8 Å². The molecule has 18 heteroatoms. The van der Waals surface area contributed by atoms with Crippen molar-refractivity contribution in [3.05, 3.63) is 92.5 Å². The lowest BCUT2D eigenvalue weighted by molar-refractivity contribution is -0.348. The molecule has 5 nitrogen and oxygen atoms in total. The van der Waals surface area contributed by atoms with Gasteiger partial charge in [0.2, 0.25) is 0 Å². The number of rotatable bonds is 4. The van der Waals surface area contributed by atoms with Gasteiger partial charge in [0.15, 0.2) is 5.82 Å². The number of halogens is 13. The lowest BCUT2D eigenvalue weighted by Gasteiger charge is -2.31. The van der Waals surface area contributed by atoms with Crippen molar-refractivity contribution < 1.29 is 67.1 Å². The minimum Gasteiger partial charge on any atom is -0.320 e.